The average Bonchev–Trinajstić information content (AvgIpc) is 2.17. The van der Waals surface area contributed by atoms with Crippen molar-refractivity contribution in [3.63, 3.8) is 0 Å². The molecule has 0 fully saturated rings. The van der Waals surface area contributed by atoms with Crippen LogP contribution in [0.2, 0.25) is 0 Å². The van der Waals surface area contributed by atoms with E-state index < -0.39 is 0 Å². The molecule has 3 nitrogen and oxygen atoms in total. The molecule has 0 aliphatic carbocycles. The Labute approximate surface area is 77.5 Å². The van der Waals surface area contributed by atoms with Crippen LogP contribution in [0.25, 0.3) is 5.70 Å². The Kier molecular flexibility index (Phi) is 2.90. The minimum Gasteiger partial charge on any atom is -0.261 e. The molecule has 0 radical (unpaired) electrons. The zero-order valence-electron chi connectivity index (χ0n) is 7.82. The molecule has 0 N–H and O–H groups in total. The second-order valence-electron chi connectivity index (χ2n) is 3.16. The molecule has 1 aromatic rings. The van der Waals surface area contributed by atoms with Crippen molar-refractivity contribution in [1.29, 1.82) is 0 Å². The monoisotopic (exact) mass is 176 g/mol. The summed E-state index contributed by atoms with van der Waals surface area (Å²) < 4.78 is 0. The summed E-state index contributed by atoms with van der Waals surface area (Å²) in [6, 6.07) is 3.57. The number of aromatic nitrogens is 1. The standard InChI is InChI=1S/C10H12N2O/c1-7(2)10-6-9(4-5-11-10)8(3)12-13/h4-7H,3H2,1-2H3. The summed E-state index contributed by atoms with van der Waals surface area (Å²) in [6.07, 6.45) is 1.67. The van der Waals surface area contributed by atoms with Crippen LogP contribution in [0.4, 0.5) is 0 Å². The van der Waals surface area contributed by atoms with Gasteiger partial charge in [0.2, 0.25) is 0 Å². The first-order valence-corrected chi connectivity index (χ1v) is 4.13. The Morgan fingerprint density at radius 3 is 2.85 bits per heavy atom. The van der Waals surface area contributed by atoms with Gasteiger partial charge in [0.15, 0.2) is 0 Å². The first-order chi connectivity index (χ1) is 6.15. The van der Waals surface area contributed by atoms with Gasteiger partial charge in [0.05, 0.1) is 0 Å². The van der Waals surface area contributed by atoms with Crippen molar-refractivity contribution in [2.75, 3.05) is 0 Å². The fourth-order valence-electron chi connectivity index (χ4n) is 0.996. The van der Waals surface area contributed by atoms with Crippen LogP contribution in [-0.4, -0.2) is 4.98 Å². The minimum atomic E-state index is 0.254. The molecule has 0 saturated heterocycles. The molecule has 13 heavy (non-hydrogen) atoms. The van der Waals surface area contributed by atoms with E-state index in [-0.39, 0.29) is 5.70 Å². The molecule has 0 atom stereocenters. The zero-order chi connectivity index (χ0) is 9.84. The van der Waals surface area contributed by atoms with Crippen LogP contribution in [0.15, 0.2) is 30.1 Å². The van der Waals surface area contributed by atoms with Crippen LogP contribution < -0.4 is 0 Å². The molecule has 0 saturated carbocycles. The predicted molar refractivity (Wildman–Crippen MR) is 53.2 cm³/mol. The van der Waals surface area contributed by atoms with E-state index in [1.54, 1.807) is 12.3 Å². The fraction of sp³-hybridized carbons (Fsp3) is 0.300. The number of rotatable bonds is 3. The van der Waals surface area contributed by atoms with Gasteiger partial charge in [-0.3, -0.25) is 4.98 Å². The van der Waals surface area contributed by atoms with E-state index in [9.17, 15) is 4.91 Å². The third kappa shape index (κ3) is 2.21. The molecule has 0 aliphatic rings. The lowest BCUT2D eigenvalue weighted by Gasteiger charge is -2.04. The van der Waals surface area contributed by atoms with E-state index in [0.717, 1.165) is 11.3 Å². The highest BCUT2D eigenvalue weighted by Gasteiger charge is 2.03. The van der Waals surface area contributed by atoms with Gasteiger partial charge in [0.25, 0.3) is 0 Å². The first-order valence-electron chi connectivity index (χ1n) is 4.13. The van der Waals surface area contributed by atoms with Gasteiger partial charge in [-0.15, -0.1) is 4.91 Å². The van der Waals surface area contributed by atoms with Crippen molar-refractivity contribution in [2.24, 2.45) is 5.18 Å². The number of nitroso groups, excluding NO2 is 1. The molecule has 0 amide bonds. The molecule has 68 valence electrons. The van der Waals surface area contributed by atoms with Gasteiger partial charge in [-0.05, 0) is 23.2 Å². The van der Waals surface area contributed by atoms with E-state index in [0.29, 0.717) is 5.92 Å². The first kappa shape index (κ1) is 9.58. The van der Waals surface area contributed by atoms with Gasteiger partial charge in [0, 0.05) is 17.5 Å². The second kappa shape index (κ2) is 3.94. The largest absolute Gasteiger partial charge is 0.261 e. The smallest absolute Gasteiger partial charge is 0.108 e. The van der Waals surface area contributed by atoms with Crippen LogP contribution in [-0.2, 0) is 0 Å². The van der Waals surface area contributed by atoms with E-state index in [4.69, 9.17) is 0 Å². The van der Waals surface area contributed by atoms with Gasteiger partial charge in [0.1, 0.15) is 5.70 Å². The van der Waals surface area contributed by atoms with Crippen LogP contribution >= 0.6 is 0 Å². The Bertz CT molecular complexity index is 331. The molecule has 0 unspecified atom stereocenters. The number of hydrogen-bond acceptors (Lipinski definition) is 3. The Hall–Kier alpha value is -1.51. The molecular formula is C10H12N2O. The average molecular weight is 176 g/mol. The number of hydrogen-bond donors (Lipinski definition) is 0. The van der Waals surface area contributed by atoms with E-state index in [2.05, 4.69) is 16.7 Å². The van der Waals surface area contributed by atoms with E-state index in [1.165, 1.54) is 0 Å². The van der Waals surface area contributed by atoms with Gasteiger partial charge in [-0.1, -0.05) is 20.4 Å². The third-order valence-corrected chi connectivity index (χ3v) is 1.82. The maximum Gasteiger partial charge on any atom is 0.108 e. The maximum absolute atomic E-state index is 10.2. The van der Waals surface area contributed by atoms with Crippen LogP contribution in [0.1, 0.15) is 31.0 Å². The van der Waals surface area contributed by atoms with Crippen molar-refractivity contribution in [1.82, 2.24) is 4.98 Å². The third-order valence-electron chi connectivity index (χ3n) is 1.82. The van der Waals surface area contributed by atoms with E-state index >= 15 is 0 Å². The van der Waals surface area contributed by atoms with Crippen LogP contribution in [0.5, 0.6) is 0 Å². The number of pyridine rings is 1. The van der Waals surface area contributed by atoms with Crippen LogP contribution in [0.3, 0.4) is 0 Å². The molecule has 1 aromatic heterocycles. The molecule has 0 spiro atoms. The van der Waals surface area contributed by atoms with Gasteiger partial charge < -0.3 is 0 Å². The normalized spacial score (nSPS) is 10.1. The lowest BCUT2D eigenvalue weighted by molar-refractivity contribution is 0.822. The SMILES string of the molecule is C=C(N=O)c1ccnc(C(C)C)c1. The van der Waals surface area contributed by atoms with Crippen molar-refractivity contribution in [3.05, 3.63) is 41.1 Å². The molecule has 1 heterocycles. The Balaban J connectivity index is 3.05. The summed E-state index contributed by atoms with van der Waals surface area (Å²) in [5, 5.41) is 2.79. The lowest BCUT2D eigenvalue weighted by atomic mass is 10.1. The zero-order valence-corrected chi connectivity index (χ0v) is 7.82. The number of nitrogens with zero attached hydrogens (tertiary/aromatic N) is 2. The van der Waals surface area contributed by atoms with Crippen LogP contribution in [0, 0.1) is 4.91 Å². The summed E-state index contributed by atoms with van der Waals surface area (Å²) in [6.45, 7) is 7.63. The lowest BCUT2D eigenvalue weighted by Crippen LogP contribution is -1.93. The fourth-order valence-corrected chi connectivity index (χ4v) is 0.996. The summed E-state index contributed by atoms with van der Waals surface area (Å²) in [7, 11) is 0. The summed E-state index contributed by atoms with van der Waals surface area (Å²) in [5.74, 6) is 0.347. The topological polar surface area (TPSA) is 42.3 Å². The quantitative estimate of drug-likeness (QED) is 0.664. The van der Waals surface area contributed by atoms with Crippen molar-refractivity contribution in [2.45, 2.75) is 19.8 Å². The Morgan fingerprint density at radius 2 is 2.31 bits per heavy atom. The van der Waals surface area contributed by atoms with Gasteiger partial charge in [-0.2, -0.15) is 0 Å². The van der Waals surface area contributed by atoms with Crippen molar-refractivity contribution >= 4 is 5.70 Å². The molecule has 1 rings (SSSR count). The second-order valence-corrected chi connectivity index (χ2v) is 3.16. The Morgan fingerprint density at radius 1 is 1.62 bits per heavy atom. The van der Waals surface area contributed by atoms with Gasteiger partial charge in [-0.25, -0.2) is 0 Å². The molecule has 0 aliphatic heterocycles. The minimum absolute atomic E-state index is 0.254. The highest BCUT2D eigenvalue weighted by atomic mass is 16.3. The highest BCUT2D eigenvalue weighted by Crippen LogP contribution is 2.17. The summed E-state index contributed by atoms with van der Waals surface area (Å²) in [4.78, 5) is 14.4. The summed E-state index contributed by atoms with van der Waals surface area (Å²) >= 11 is 0. The molecule has 0 bridgehead atoms. The highest BCUT2D eigenvalue weighted by molar-refractivity contribution is 5.61. The predicted octanol–water partition coefficient (Wildman–Crippen LogP) is 2.94. The van der Waals surface area contributed by atoms with Gasteiger partial charge >= 0.3 is 0 Å². The summed E-state index contributed by atoms with van der Waals surface area (Å²) in [5.41, 5.74) is 1.94. The molecule has 0 aromatic carbocycles. The molecular weight excluding hydrogens is 164 g/mol. The molecule has 3 heteroatoms. The van der Waals surface area contributed by atoms with Crippen molar-refractivity contribution in [3.8, 4) is 0 Å². The van der Waals surface area contributed by atoms with E-state index in [1.807, 2.05) is 19.9 Å². The van der Waals surface area contributed by atoms with Crippen molar-refractivity contribution < 1.29 is 0 Å². The maximum atomic E-state index is 10.2.